The first-order valence-corrected chi connectivity index (χ1v) is 4.25. The van der Waals surface area contributed by atoms with Crippen LogP contribution in [-0.4, -0.2) is 0 Å². The minimum absolute atomic E-state index is 0.109. The molecular formula is C9H10BrF. The van der Waals surface area contributed by atoms with Crippen LogP contribution in [0.5, 0.6) is 0 Å². The molecule has 0 spiro atoms. The summed E-state index contributed by atoms with van der Waals surface area (Å²) in [6.07, 6.45) is 0. The second-order valence-electron chi connectivity index (χ2n) is 2.76. The van der Waals surface area contributed by atoms with E-state index in [0.717, 1.165) is 10.0 Å². The summed E-state index contributed by atoms with van der Waals surface area (Å²) in [5.41, 5.74) is 2.49. The van der Waals surface area contributed by atoms with E-state index in [2.05, 4.69) is 15.9 Å². The predicted molar refractivity (Wildman–Crippen MR) is 48.3 cm³/mol. The zero-order valence-corrected chi connectivity index (χ0v) is 8.42. The fraction of sp³-hybridized carbons (Fsp3) is 0.333. The zero-order valence-electron chi connectivity index (χ0n) is 6.83. The van der Waals surface area contributed by atoms with E-state index in [1.54, 1.807) is 13.8 Å². The molecule has 0 aliphatic rings. The van der Waals surface area contributed by atoms with Gasteiger partial charge in [0, 0.05) is 4.47 Å². The maximum atomic E-state index is 13.1. The molecule has 0 saturated heterocycles. The van der Waals surface area contributed by atoms with Gasteiger partial charge in [0.2, 0.25) is 0 Å². The second kappa shape index (κ2) is 2.94. The van der Waals surface area contributed by atoms with Crippen LogP contribution in [0.3, 0.4) is 0 Å². The molecule has 11 heavy (non-hydrogen) atoms. The first-order valence-electron chi connectivity index (χ1n) is 3.46. The molecule has 60 valence electrons. The summed E-state index contributed by atoms with van der Waals surface area (Å²) < 4.78 is 14.0. The number of rotatable bonds is 0. The molecule has 1 aromatic rings. The fourth-order valence-electron chi connectivity index (χ4n) is 1.14. The predicted octanol–water partition coefficient (Wildman–Crippen LogP) is 3.51. The summed E-state index contributed by atoms with van der Waals surface area (Å²) in [5.74, 6) is -0.109. The van der Waals surface area contributed by atoms with E-state index in [0.29, 0.717) is 11.1 Å². The topological polar surface area (TPSA) is 0 Å². The van der Waals surface area contributed by atoms with Gasteiger partial charge in [0.05, 0.1) is 0 Å². The van der Waals surface area contributed by atoms with Crippen LogP contribution in [0, 0.1) is 26.6 Å². The average Bonchev–Trinajstić information content (AvgIpc) is 1.97. The maximum absolute atomic E-state index is 13.1. The first-order chi connectivity index (χ1) is 5.04. The molecule has 0 radical (unpaired) electrons. The largest absolute Gasteiger partial charge is 0.206 e. The van der Waals surface area contributed by atoms with Gasteiger partial charge in [-0.3, -0.25) is 0 Å². The third-order valence-corrected chi connectivity index (χ3v) is 3.00. The van der Waals surface area contributed by atoms with Gasteiger partial charge in [-0.15, -0.1) is 0 Å². The standard InChI is InChI=1S/C9H10BrF/c1-5-4-6(2)9(11)7(3)8(5)10/h4H,1-3H3. The molecule has 0 bridgehead atoms. The molecule has 0 N–H and O–H groups in total. The molecule has 0 atom stereocenters. The summed E-state index contributed by atoms with van der Waals surface area (Å²) in [4.78, 5) is 0. The lowest BCUT2D eigenvalue weighted by atomic mass is 10.1. The highest BCUT2D eigenvalue weighted by Gasteiger charge is 2.07. The molecule has 0 nitrogen and oxygen atoms in total. The van der Waals surface area contributed by atoms with Crippen LogP contribution in [-0.2, 0) is 0 Å². The van der Waals surface area contributed by atoms with Crippen LogP contribution in [0.4, 0.5) is 4.39 Å². The van der Waals surface area contributed by atoms with Gasteiger partial charge in [-0.2, -0.15) is 0 Å². The van der Waals surface area contributed by atoms with Crippen LogP contribution in [0.2, 0.25) is 0 Å². The van der Waals surface area contributed by atoms with Crippen molar-refractivity contribution in [3.63, 3.8) is 0 Å². The zero-order chi connectivity index (χ0) is 8.59. The number of hydrogen-bond acceptors (Lipinski definition) is 0. The second-order valence-corrected chi connectivity index (χ2v) is 3.56. The summed E-state index contributed by atoms with van der Waals surface area (Å²) in [7, 11) is 0. The molecule has 0 saturated carbocycles. The Kier molecular flexibility index (Phi) is 2.33. The molecule has 0 fully saturated rings. The summed E-state index contributed by atoms with van der Waals surface area (Å²) in [5, 5.41) is 0. The van der Waals surface area contributed by atoms with Crippen LogP contribution in [0.25, 0.3) is 0 Å². The quantitative estimate of drug-likeness (QED) is 0.623. The monoisotopic (exact) mass is 216 g/mol. The minimum atomic E-state index is -0.109. The lowest BCUT2D eigenvalue weighted by molar-refractivity contribution is 0.607. The van der Waals surface area contributed by atoms with Crippen molar-refractivity contribution < 1.29 is 4.39 Å². The van der Waals surface area contributed by atoms with Crippen molar-refractivity contribution in [2.24, 2.45) is 0 Å². The Bertz CT molecular complexity index is 266. The summed E-state index contributed by atoms with van der Waals surface area (Å²) >= 11 is 3.32. The van der Waals surface area contributed by atoms with E-state index in [1.807, 2.05) is 13.0 Å². The summed E-state index contributed by atoms with van der Waals surface area (Å²) in [6.45, 7) is 5.52. The number of aryl methyl sites for hydroxylation is 2. The van der Waals surface area contributed by atoms with Crippen molar-refractivity contribution in [2.75, 3.05) is 0 Å². The van der Waals surface area contributed by atoms with Gasteiger partial charge < -0.3 is 0 Å². The third kappa shape index (κ3) is 1.45. The van der Waals surface area contributed by atoms with E-state index in [1.165, 1.54) is 0 Å². The van der Waals surface area contributed by atoms with Crippen LogP contribution >= 0.6 is 15.9 Å². The van der Waals surface area contributed by atoms with Gasteiger partial charge in [-0.05, 0) is 37.5 Å². The molecule has 0 aromatic heterocycles. The first kappa shape index (κ1) is 8.72. The Labute approximate surface area is 74.6 Å². The lowest BCUT2D eigenvalue weighted by Crippen LogP contribution is -1.91. The van der Waals surface area contributed by atoms with E-state index in [9.17, 15) is 4.39 Å². The van der Waals surface area contributed by atoms with Gasteiger partial charge in [-0.1, -0.05) is 22.0 Å². The number of benzene rings is 1. The van der Waals surface area contributed by atoms with E-state index >= 15 is 0 Å². The van der Waals surface area contributed by atoms with E-state index in [-0.39, 0.29) is 5.82 Å². The minimum Gasteiger partial charge on any atom is -0.206 e. The van der Waals surface area contributed by atoms with Crippen molar-refractivity contribution in [2.45, 2.75) is 20.8 Å². The van der Waals surface area contributed by atoms with Crippen molar-refractivity contribution >= 4 is 15.9 Å². The molecule has 2 heteroatoms. The number of halogens is 2. The van der Waals surface area contributed by atoms with Crippen molar-refractivity contribution in [1.29, 1.82) is 0 Å². The van der Waals surface area contributed by atoms with Crippen molar-refractivity contribution in [3.05, 3.63) is 33.0 Å². The Balaban J connectivity index is 3.46. The molecule has 0 unspecified atom stereocenters. The van der Waals surface area contributed by atoms with Gasteiger partial charge in [0.25, 0.3) is 0 Å². The van der Waals surface area contributed by atoms with Crippen LogP contribution in [0.1, 0.15) is 16.7 Å². The van der Waals surface area contributed by atoms with E-state index < -0.39 is 0 Å². The SMILES string of the molecule is Cc1cc(C)c(Br)c(C)c1F. The highest BCUT2D eigenvalue weighted by molar-refractivity contribution is 9.10. The van der Waals surface area contributed by atoms with Crippen LogP contribution < -0.4 is 0 Å². The Morgan fingerprint density at radius 1 is 1.18 bits per heavy atom. The number of hydrogen-bond donors (Lipinski definition) is 0. The van der Waals surface area contributed by atoms with Crippen molar-refractivity contribution in [3.8, 4) is 0 Å². The third-order valence-electron chi connectivity index (χ3n) is 1.78. The summed E-state index contributed by atoms with van der Waals surface area (Å²) in [6, 6.07) is 1.84. The molecule has 0 heterocycles. The molecule has 0 aliphatic heterocycles. The fourth-order valence-corrected chi connectivity index (χ4v) is 1.43. The Hall–Kier alpha value is -0.370. The maximum Gasteiger partial charge on any atom is 0.130 e. The van der Waals surface area contributed by atoms with Gasteiger partial charge in [0.15, 0.2) is 0 Å². The van der Waals surface area contributed by atoms with Gasteiger partial charge >= 0.3 is 0 Å². The normalized spacial score (nSPS) is 10.3. The van der Waals surface area contributed by atoms with Gasteiger partial charge in [-0.25, -0.2) is 4.39 Å². The van der Waals surface area contributed by atoms with Gasteiger partial charge in [0.1, 0.15) is 5.82 Å². The van der Waals surface area contributed by atoms with Crippen LogP contribution in [0.15, 0.2) is 10.5 Å². The Morgan fingerprint density at radius 2 is 1.73 bits per heavy atom. The average molecular weight is 217 g/mol. The lowest BCUT2D eigenvalue weighted by Gasteiger charge is -2.06. The molecule has 1 aromatic carbocycles. The highest BCUT2D eigenvalue weighted by atomic mass is 79.9. The highest BCUT2D eigenvalue weighted by Crippen LogP contribution is 2.25. The Morgan fingerprint density at radius 3 is 2.27 bits per heavy atom. The van der Waals surface area contributed by atoms with E-state index in [4.69, 9.17) is 0 Å². The molecule has 1 rings (SSSR count). The molecular weight excluding hydrogens is 207 g/mol. The smallest absolute Gasteiger partial charge is 0.130 e. The molecule has 0 amide bonds. The molecule has 0 aliphatic carbocycles. The van der Waals surface area contributed by atoms with Crippen molar-refractivity contribution in [1.82, 2.24) is 0 Å².